The normalized spacial score (nSPS) is 9.53. The van der Waals surface area contributed by atoms with Crippen LogP contribution >= 0.6 is 0 Å². The minimum absolute atomic E-state index is 0.525. The van der Waals surface area contributed by atoms with Gasteiger partial charge in [0.1, 0.15) is 7.85 Å². The quantitative estimate of drug-likeness (QED) is 0.715. The smallest absolute Gasteiger partial charge is 0.423 e. The van der Waals surface area contributed by atoms with Crippen LogP contribution in [0.25, 0.3) is 0 Å². The average molecular weight is 254 g/mol. The molecule has 0 amide bonds. The van der Waals surface area contributed by atoms with Crippen molar-refractivity contribution in [3.05, 3.63) is 59.2 Å². The first-order valence-corrected chi connectivity index (χ1v) is 6.37. The van der Waals surface area contributed by atoms with Crippen molar-refractivity contribution in [3.63, 3.8) is 0 Å². The zero-order valence-electron chi connectivity index (χ0n) is 12.0. The molecule has 2 aromatic carbocycles. The van der Waals surface area contributed by atoms with Crippen LogP contribution in [0.1, 0.15) is 16.7 Å². The van der Waals surface area contributed by atoms with Gasteiger partial charge in [-0.15, -0.1) is 0 Å². The van der Waals surface area contributed by atoms with E-state index in [0.717, 1.165) is 0 Å². The molecule has 0 bridgehead atoms. The molecule has 2 rings (SSSR count). The molecule has 0 fully saturated rings. The Kier molecular flexibility index (Phi) is 5.87. The van der Waals surface area contributed by atoms with Gasteiger partial charge in [-0.1, -0.05) is 64.6 Å². The predicted octanol–water partition coefficient (Wildman–Crippen LogP) is 0.237. The summed E-state index contributed by atoms with van der Waals surface area (Å²) < 4.78 is 0. The lowest BCUT2D eigenvalue weighted by Crippen LogP contribution is -2.29. The third kappa shape index (κ3) is 4.93. The van der Waals surface area contributed by atoms with Gasteiger partial charge in [-0.3, -0.25) is 0 Å². The summed E-state index contributed by atoms with van der Waals surface area (Å²) in [6.45, 7) is 6.46. The molecule has 0 radical (unpaired) electrons. The monoisotopic (exact) mass is 254 g/mol. The van der Waals surface area contributed by atoms with E-state index in [4.69, 9.17) is 10.0 Å². The second kappa shape index (κ2) is 7.17. The van der Waals surface area contributed by atoms with Crippen molar-refractivity contribution < 1.29 is 10.0 Å². The average Bonchev–Trinajstić information content (AvgIpc) is 2.37. The summed E-state index contributed by atoms with van der Waals surface area (Å²) in [5.41, 5.74) is 6.11. The van der Waals surface area contributed by atoms with Crippen molar-refractivity contribution in [2.24, 2.45) is 0 Å². The molecule has 4 heteroatoms. The van der Waals surface area contributed by atoms with Crippen LogP contribution < -0.4 is 10.9 Å². The Morgan fingerprint density at radius 3 is 1.74 bits per heavy atom. The van der Waals surface area contributed by atoms with Crippen LogP contribution in [0.4, 0.5) is 0 Å². The van der Waals surface area contributed by atoms with Gasteiger partial charge in [-0.25, -0.2) is 0 Å². The Hall–Kier alpha value is -1.51. The largest absolute Gasteiger partial charge is 0.488 e. The van der Waals surface area contributed by atoms with Crippen molar-refractivity contribution in [3.8, 4) is 0 Å². The van der Waals surface area contributed by atoms with Gasteiger partial charge in [0.05, 0.1) is 0 Å². The molecule has 98 valence electrons. The van der Waals surface area contributed by atoms with Crippen LogP contribution in [0.2, 0.25) is 0 Å². The van der Waals surface area contributed by atoms with Crippen molar-refractivity contribution in [2.45, 2.75) is 20.8 Å². The molecule has 0 saturated heterocycles. The van der Waals surface area contributed by atoms with Crippen molar-refractivity contribution in [1.29, 1.82) is 0 Å². The molecule has 2 aromatic rings. The van der Waals surface area contributed by atoms with Gasteiger partial charge in [0.2, 0.25) is 0 Å². The Bertz CT molecular complexity index is 502. The lowest BCUT2D eigenvalue weighted by atomic mass is 9.81. The molecule has 19 heavy (non-hydrogen) atoms. The van der Waals surface area contributed by atoms with Gasteiger partial charge in [0.15, 0.2) is 0 Å². The van der Waals surface area contributed by atoms with Crippen LogP contribution in [0.5, 0.6) is 0 Å². The molecule has 2 nitrogen and oxygen atoms in total. The van der Waals surface area contributed by atoms with Crippen LogP contribution in [0.3, 0.4) is 0 Å². The van der Waals surface area contributed by atoms with Crippen molar-refractivity contribution in [2.75, 3.05) is 0 Å². The minimum Gasteiger partial charge on any atom is -0.423 e. The Morgan fingerprint density at radius 1 is 0.895 bits per heavy atom. The first-order chi connectivity index (χ1) is 8.91. The highest BCUT2D eigenvalue weighted by Crippen LogP contribution is 2.03. The molecule has 0 unspecified atom stereocenters. The second-order valence-corrected chi connectivity index (χ2v) is 4.81. The minimum atomic E-state index is -1.34. The molecular formula is C15H20B2O2. The van der Waals surface area contributed by atoms with E-state index in [-0.39, 0.29) is 0 Å². The zero-order valence-corrected chi connectivity index (χ0v) is 12.0. The van der Waals surface area contributed by atoms with Gasteiger partial charge >= 0.3 is 7.12 Å². The Labute approximate surface area is 116 Å². The van der Waals surface area contributed by atoms with Crippen molar-refractivity contribution in [1.82, 2.24) is 0 Å². The molecule has 2 N–H and O–H groups in total. The summed E-state index contributed by atoms with van der Waals surface area (Å²) in [5, 5.41) is 17.2. The third-order valence-corrected chi connectivity index (χ3v) is 3.17. The molecule has 0 saturated carbocycles. The molecular weight excluding hydrogens is 234 g/mol. The van der Waals surface area contributed by atoms with E-state index in [9.17, 15) is 0 Å². The molecule has 0 spiro atoms. The van der Waals surface area contributed by atoms with Crippen LogP contribution in [-0.2, 0) is 0 Å². The highest BCUT2D eigenvalue weighted by Gasteiger charge is 2.07. The number of rotatable bonds is 1. The number of aryl methyl sites for hydroxylation is 3. The first-order valence-electron chi connectivity index (χ1n) is 6.37. The fraction of sp³-hybridized carbons (Fsp3) is 0.200. The Morgan fingerprint density at radius 2 is 1.37 bits per heavy atom. The van der Waals surface area contributed by atoms with E-state index >= 15 is 0 Å². The molecule has 0 aromatic heterocycles. The lowest BCUT2D eigenvalue weighted by molar-refractivity contribution is 0.426. The number of hydrogen-bond donors (Lipinski definition) is 2. The summed E-state index contributed by atoms with van der Waals surface area (Å²) in [7, 11) is 0.829. The number of hydrogen-bond acceptors (Lipinski definition) is 2. The van der Waals surface area contributed by atoms with E-state index in [1.165, 1.54) is 22.2 Å². The van der Waals surface area contributed by atoms with E-state index in [0.29, 0.717) is 5.46 Å². The van der Waals surface area contributed by atoms with E-state index in [1.807, 2.05) is 6.07 Å². The van der Waals surface area contributed by atoms with Crippen molar-refractivity contribution >= 4 is 25.9 Å². The van der Waals surface area contributed by atoms with E-state index < -0.39 is 7.12 Å². The highest BCUT2D eigenvalue weighted by atomic mass is 16.4. The van der Waals surface area contributed by atoms with E-state index in [2.05, 4.69) is 40.8 Å². The van der Waals surface area contributed by atoms with Gasteiger partial charge in [-0.05, 0) is 26.2 Å². The maximum Gasteiger partial charge on any atom is 0.488 e. The maximum atomic E-state index is 8.58. The topological polar surface area (TPSA) is 40.5 Å². The summed E-state index contributed by atoms with van der Waals surface area (Å²) in [6, 6.07) is 13.1. The second-order valence-electron chi connectivity index (χ2n) is 4.81. The zero-order chi connectivity index (χ0) is 14.4. The lowest BCUT2D eigenvalue weighted by Gasteiger charge is -2.05. The van der Waals surface area contributed by atoms with Gasteiger partial charge in [0, 0.05) is 0 Å². The van der Waals surface area contributed by atoms with Gasteiger partial charge < -0.3 is 10.0 Å². The fourth-order valence-electron chi connectivity index (χ4n) is 1.88. The molecule has 0 aliphatic heterocycles. The highest BCUT2D eigenvalue weighted by molar-refractivity contribution is 6.58. The standard InChI is InChI=1S/C9H13B.C6H7BO2/c1-6-4-7(2)9(10)8(3)5-6;8-7(9)6-4-2-1-3-5-6/h4-5H,10H2,1-3H3;1-5,8-9H. The number of benzene rings is 2. The van der Waals surface area contributed by atoms with Gasteiger partial charge in [0.25, 0.3) is 0 Å². The molecule has 0 heterocycles. The summed E-state index contributed by atoms with van der Waals surface area (Å²) in [4.78, 5) is 0. The maximum absolute atomic E-state index is 8.58. The summed E-state index contributed by atoms with van der Waals surface area (Å²) >= 11 is 0. The SMILES string of the molecule is Bc1c(C)cc(C)cc1C.OB(O)c1ccccc1. The first kappa shape index (κ1) is 15.5. The summed E-state index contributed by atoms with van der Waals surface area (Å²) in [6.07, 6.45) is 0. The van der Waals surface area contributed by atoms with Crippen LogP contribution in [0.15, 0.2) is 42.5 Å². The van der Waals surface area contributed by atoms with Gasteiger partial charge in [-0.2, -0.15) is 0 Å². The Balaban J connectivity index is 0.000000191. The predicted molar refractivity (Wildman–Crippen MR) is 85.1 cm³/mol. The molecule has 0 atom stereocenters. The fourth-order valence-corrected chi connectivity index (χ4v) is 1.88. The van der Waals surface area contributed by atoms with Crippen LogP contribution in [-0.4, -0.2) is 25.0 Å². The molecule has 0 aliphatic rings. The summed E-state index contributed by atoms with van der Waals surface area (Å²) in [5.74, 6) is 0. The molecule has 0 aliphatic carbocycles. The van der Waals surface area contributed by atoms with E-state index in [1.54, 1.807) is 24.3 Å². The van der Waals surface area contributed by atoms with Crippen LogP contribution in [0, 0.1) is 20.8 Å². The third-order valence-electron chi connectivity index (χ3n) is 3.17.